The summed E-state index contributed by atoms with van der Waals surface area (Å²) in [4.78, 5) is 0. The van der Waals surface area contributed by atoms with Gasteiger partial charge >= 0.3 is 0 Å². The fourth-order valence-electron chi connectivity index (χ4n) is 0. The summed E-state index contributed by atoms with van der Waals surface area (Å²) >= 11 is 0. The van der Waals surface area contributed by atoms with Crippen LogP contribution in [0.4, 0.5) is 0 Å². The molecular weight excluding hydrogens is 1040 g/mol. The molecule has 37 heteroatoms. The second-order valence-electron chi connectivity index (χ2n) is 2.86. The molecule has 2 radical (unpaired) electrons. The molecule has 0 amide bonds. The Hall–Kier alpha value is 0.415. The van der Waals surface area contributed by atoms with Gasteiger partial charge in [0.05, 0.1) is 0 Å². The molecule has 28 nitrogen and oxygen atoms in total. The van der Waals surface area contributed by atoms with Crippen LogP contribution in [0.2, 0.25) is 0 Å². The van der Waals surface area contributed by atoms with Crippen molar-refractivity contribution >= 4 is 72.8 Å². The van der Waals surface area contributed by atoms with E-state index in [1.165, 1.54) is 0 Å². The van der Waals surface area contributed by atoms with Crippen LogP contribution in [0, 0.1) is 0 Å². The van der Waals surface area contributed by atoms with Crippen molar-refractivity contribution in [2.75, 3.05) is 0 Å². The molecule has 0 saturated heterocycles. The van der Waals surface area contributed by atoms with Crippen LogP contribution < -0.4 is 0 Å². The predicted octanol–water partition coefficient (Wildman–Crippen LogP) is -9.37. The zero-order chi connectivity index (χ0) is 31.5. The smallest absolute Gasteiger partial charge is 0.0311 e. The largest absolute Gasteiger partial charge is 0.759 e. The average Bonchev–Trinajstić information content (AvgIpc) is 2.06. The molecule has 0 N–H and O–H groups in total. The van der Waals surface area contributed by atoms with Crippen molar-refractivity contribution in [2.45, 2.75) is 0 Å². The molecule has 0 aromatic carbocycles. The Bertz CT molecular complexity index is 914. The van der Waals surface area contributed by atoms with Crippen molar-refractivity contribution in [3.8, 4) is 0 Å². The molecule has 0 aromatic heterocycles. The molecule has 0 aliphatic carbocycles. The van der Waals surface area contributed by atoms with Crippen LogP contribution in [-0.2, 0) is 114 Å². The predicted molar refractivity (Wildman–Crippen MR) is 73.3 cm³/mol. The first-order chi connectivity index (χ1) is 14.0. The second-order valence-corrected chi connectivity index (χ2v) is 8.57. The topological polar surface area (TPSA) is 562 Å². The third-order valence-electron chi connectivity index (χ3n) is 0. The molecule has 0 aromatic rings. The van der Waals surface area contributed by atoms with E-state index in [1.54, 1.807) is 0 Å². The normalized spacial score (nSPS) is 11.0. The molecule has 0 heterocycles. The molecule has 238 valence electrons. The van der Waals surface area contributed by atoms with Gasteiger partial charge in [-0.25, -0.2) is 0 Å². The fourth-order valence-corrected chi connectivity index (χ4v) is 0. The van der Waals surface area contributed by atoms with E-state index in [0.29, 0.717) is 0 Å². The van der Waals surface area contributed by atoms with Gasteiger partial charge in [0.15, 0.2) is 0 Å². The van der Waals surface area contributed by atoms with Crippen molar-refractivity contribution < 1.29 is 164 Å². The molecule has 0 atom stereocenters. The van der Waals surface area contributed by atoms with Crippen LogP contribution >= 0.6 is 0 Å². The summed E-state index contributed by atoms with van der Waals surface area (Å²) in [5.41, 5.74) is 0. The summed E-state index contributed by atoms with van der Waals surface area (Å²) in [6, 6.07) is 0. The molecule has 0 spiro atoms. The summed E-state index contributed by atoms with van der Waals surface area (Å²) in [5.74, 6) is 0. The van der Waals surface area contributed by atoms with Gasteiger partial charge in [-0.05, 0) is 0 Å². The van der Waals surface area contributed by atoms with Gasteiger partial charge in [0.1, 0.15) is 0 Å². The van der Waals surface area contributed by atoms with Gasteiger partial charge in [0, 0.05) is 114 Å². The van der Waals surface area contributed by atoms with E-state index in [2.05, 4.69) is 0 Å². The average molecular weight is 1040 g/mol. The number of hydrogen-bond acceptors (Lipinski definition) is 28. The van der Waals surface area contributed by atoms with E-state index in [4.69, 9.17) is 123 Å². The minimum absolute atomic E-state index is 0. The van der Waals surface area contributed by atoms with Crippen molar-refractivity contribution in [3.05, 3.63) is 0 Å². The van der Waals surface area contributed by atoms with Gasteiger partial charge in [0.2, 0.25) is 0 Å². The first-order valence-electron chi connectivity index (χ1n) is 4.67. The van der Waals surface area contributed by atoms with E-state index in [0.717, 1.165) is 0 Å². The Morgan fingerprint density at radius 2 is 0.189 bits per heavy atom. The maximum atomic E-state index is 8.52. The van der Waals surface area contributed by atoms with Crippen LogP contribution in [0.5, 0.6) is 0 Å². The van der Waals surface area contributed by atoms with E-state index in [1.807, 2.05) is 0 Å². The summed E-state index contributed by atoms with van der Waals surface area (Å²) in [5, 5.41) is 0. The zero-order valence-electron chi connectivity index (χ0n) is 15.0. The number of rotatable bonds is 0. The summed E-state index contributed by atoms with van der Waals surface area (Å²) in [7, 11) is -36.2. The second kappa shape index (κ2) is 25.4. The standard InChI is InChI=1S/7H2O4S.2Re/c7*1-5(2,3)4;;/h7*(H2,1,2,3,4);;/p-14. The molecule has 0 fully saturated rings. The van der Waals surface area contributed by atoms with Gasteiger partial charge < -0.3 is 63.7 Å². The quantitative estimate of drug-likeness (QED) is 0.161. The Morgan fingerprint density at radius 1 is 0.189 bits per heavy atom. The Kier molecular flexibility index (Phi) is 42.2. The van der Waals surface area contributed by atoms with Crippen LogP contribution in [0.3, 0.4) is 0 Å². The van der Waals surface area contributed by atoms with E-state index in [-0.39, 0.29) is 40.8 Å². The molecule has 0 unspecified atom stereocenters. The van der Waals surface area contributed by atoms with Gasteiger partial charge in [-0.2, -0.15) is 0 Å². The van der Waals surface area contributed by atoms with Gasteiger partial charge in [0.25, 0.3) is 0 Å². The van der Waals surface area contributed by atoms with Crippen LogP contribution in [0.25, 0.3) is 0 Å². The third kappa shape index (κ3) is 251000. The summed E-state index contributed by atoms with van der Waals surface area (Å²) in [6.45, 7) is 0. The van der Waals surface area contributed by atoms with E-state index < -0.39 is 72.8 Å². The van der Waals surface area contributed by atoms with Crippen LogP contribution in [0.15, 0.2) is 0 Å². The fraction of sp³-hybridized carbons (Fsp3) is 0. The molecule has 0 saturated carbocycles. The van der Waals surface area contributed by atoms with E-state index in [9.17, 15) is 0 Å². The van der Waals surface area contributed by atoms with Crippen molar-refractivity contribution in [1.29, 1.82) is 0 Å². The van der Waals surface area contributed by atoms with Gasteiger partial charge in [-0.3, -0.25) is 58.9 Å². The maximum absolute atomic E-state index is 8.52. The molecule has 0 bridgehead atoms. The molecule has 0 aliphatic heterocycles. The Morgan fingerprint density at radius 3 is 0.189 bits per heavy atom. The van der Waals surface area contributed by atoms with Gasteiger partial charge in [-0.1, -0.05) is 0 Å². The first kappa shape index (κ1) is 61.4. The maximum Gasteiger partial charge on any atom is 0.0311 e. The van der Waals surface area contributed by atoms with Crippen molar-refractivity contribution in [3.63, 3.8) is 0 Å². The van der Waals surface area contributed by atoms with Gasteiger partial charge in [-0.15, -0.1) is 0 Å². The SMILES string of the molecule is O=S(=O)([O-])[O-].O=S(=O)([O-])[O-].O=S(=O)([O-])[O-].O=S(=O)([O-])[O-].O=S(=O)([O-])[O-].O=S(=O)([O-])[O-].O=S(=O)([O-])[O-].[Re].[Re]. The van der Waals surface area contributed by atoms with Crippen LogP contribution in [0.1, 0.15) is 0 Å². The Labute approximate surface area is 234 Å². The first-order valence-corrected chi connectivity index (χ1v) is 14.0. The third-order valence-corrected chi connectivity index (χ3v) is 0. The summed E-state index contributed by atoms with van der Waals surface area (Å²) < 4.78 is 239. The van der Waals surface area contributed by atoms with Crippen LogP contribution in [-0.4, -0.2) is 123 Å². The zero-order valence-corrected chi connectivity index (χ0v) is 26.2. The molecule has 0 rings (SSSR count). The molecule has 0 aliphatic rings. The minimum Gasteiger partial charge on any atom is -0.759 e. The Balaban J connectivity index is -0.0000000350. The van der Waals surface area contributed by atoms with Crippen molar-refractivity contribution in [1.82, 2.24) is 0 Å². The number of hydrogen-bond donors (Lipinski definition) is 0. The monoisotopic (exact) mass is 1050 g/mol. The molecule has 37 heavy (non-hydrogen) atoms. The summed E-state index contributed by atoms with van der Waals surface area (Å²) in [6.07, 6.45) is 0. The van der Waals surface area contributed by atoms with E-state index >= 15 is 0 Å². The molecular formula is O28Re2S7-14. The van der Waals surface area contributed by atoms with Crippen molar-refractivity contribution in [2.24, 2.45) is 0 Å². The minimum atomic E-state index is -5.17.